The molecule has 16 heteroatoms. The molecule has 0 unspecified atom stereocenters. The standard InChI is InChI=1S/C37H24Cl2N6O6S2/c38-18-4-1-6-24-26(18)28(30(52-24)36(48)49)34-42-20-14-16(32(40)46)8-10-22(20)44(34)12-3-13-45-23-11-9-17(33(41)47)15-21(23)43-35(45)29-27-19(39)5-2-7-25(27)53-31(29)37(50)51/h1-2,4-11,14-15H,3,12-13H2,(H2,40,46)(H2,41,47)(H,48,49)(H,50,51). The Hall–Kier alpha value is -5.80. The maximum absolute atomic E-state index is 12.6. The summed E-state index contributed by atoms with van der Waals surface area (Å²) in [6, 6.07) is 20.2. The van der Waals surface area contributed by atoms with E-state index in [4.69, 9.17) is 44.6 Å². The number of carboxylic acids is 2. The molecule has 0 aliphatic heterocycles. The third-order valence-corrected chi connectivity index (χ3v) is 11.9. The van der Waals surface area contributed by atoms with Gasteiger partial charge in [-0.2, -0.15) is 0 Å². The van der Waals surface area contributed by atoms with Crippen molar-refractivity contribution in [1.82, 2.24) is 19.1 Å². The summed E-state index contributed by atoms with van der Waals surface area (Å²) in [6.45, 7) is 0.579. The molecule has 0 atom stereocenters. The van der Waals surface area contributed by atoms with Crippen LogP contribution in [0.3, 0.4) is 0 Å². The Labute approximate surface area is 316 Å². The zero-order chi connectivity index (χ0) is 37.3. The number of carboxylic acid groups (broad SMARTS) is 2. The monoisotopic (exact) mass is 782 g/mol. The number of rotatable bonds is 10. The number of hydrogen-bond donors (Lipinski definition) is 4. The van der Waals surface area contributed by atoms with Crippen LogP contribution in [0.25, 0.3) is 65.0 Å². The van der Waals surface area contributed by atoms with Gasteiger partial charge in [-0.1, -0.05) is 35.3 Å². The predicted molar refractivity (Wildman–Crippen MR) is 207 cm³/mol. The topological polar surface area (TPSA) is 196 Å². The van der Waals surface area contributed by atoms with Gasteiger partial charge in [0.2, 0.25) is 11.8 Å². The summed E-state index contributed by atoms with van der Waals surface area (Å²) in [5, 5.41) is 22.4. The van der Waals surface area contributed by atoms with Gasteiger partial charge in [0.1, 0.15) is 21.4 Å². The van der Waals surface area contributed by atoms with Crippen LogP contribution in [0.1, 0.15) is 46.5 Å². The van der Waals surface area contributed by atoms with Gasteiger partial charge in [-0.15, -0.1) is 22.7 Å². The molecule has 8 aromatic rings. The second-order valence-corrected chi connectivity index (χ2v) is 15.0. The number of amides is 2. The van der Waals surface area contributed by atoms with Crippen molar-refractivity contribution in [1.29, 1.82) is 0 Å². The van der Waals surface area contributed by atoms with Crippen LogP contribution in [-0.4, -0.2) is 53.1 Å². The van der Waals surface area contributed by atoms with Gasteiger partial charge in [-0.25, -0.2) is 19.6 Å². The second-order valence-electron chi connectivity index (χ2n) is 12.1. The molecule has 2 amide bonds. The van der Waals surface area contributed by atoms with Gasteiger partial charge in [-0.05, 0) is 67.1 Å². The molecule has 4 heterocycles. The average molecular weight is 784 g/mol. The van der Waals surface area contributed by atoms with E-state index >= 15 is 0 Å². The molecular formula is C37H24Cl2N6O6S2. The molecule has 53 heavy (non-hydrogen) atoms. The van der Waals surface area contributed by atoms with Crippen molar-refractivity contribution in [3.8, 4) is 22.8 Å². The first kappa shape index (κ1) is 34.3. The molecule has 0 fully saturated rings. The second kappa shape index (κ2) is 13.0. The van der Waals surface area contributed by atoms with Crippen LogP contribution in [0.4, 0.5) is 0 Å². The third-order valence-electron chi connectivity index (χ3n) is 8.99. The van der Waals surface area contributed by atoms with E-state index in [1.165, 1.54) is 0 Å². The van der Waals surface area contributed by atoms with Gasteiger partial charge >= 0.3 is 11.9 Å². The lowest BCUT2D eigenvalue weighted by atomic mass is 10.1. The maximum Gasteiger partial charge on any atom is 0.346 e. The number of aromatic carboxylic acids is 2. The summed E-state index contributed by atoms with van der Waals surface area (Å²) in [5.41, 5.74) is 14.4. The third kappa shape index (κ3) is 5.67. The van der Waals surface area contributed by atoms with E-state index in [-0.39, 0.29) is 34.0 Å². The molecule has 0 saturated heterocycles. The molecule has 8 rings (SSSR count). The molecule has 0 spiro atoms. The maximum atomic E-state index is 12.6. The number of nitrogens with zero attached hydrogens (tertiary/aromatic N) is 4. The lowest BCUT2D eigenvalue weighted by molar-refractivity contribution is 0.0692. The number of carbonyl (C=O) groups is 4. The number of aromatic nitrogens is 4. The normalized spacial score (nSPS) is 11.7. The number of benzene rings is 4. The molecular weight excluding hydrogens is 759 g/mol. The lowest BCUT2D eigenvalue weighted by Gasteiger charge is -2.13. The van der Waals surface area contributed by atoms with Gasteiger partial charge in [0.05, 0.1) is 43.2 Å². The zero-order valence-corrected chi connectivity index (χ0v) is 30.2. The average Bonchev–Trinajstić information content (AvgIpc) is 3.88. The largest absolute Gasteiger partial charge is 0.477 e. The number of aryl methyl sites for hydroxylation is 2. The van der Waals surface area contributed by atoms with Crippen molar-refractivity contribution < 1.29 is 29.4 Å². The highest BCUT2D eigenvalue weighted by Crippen LogP contribution is 2.45. The van der Waals surface area contributed by atoms with Gasteiger partial charge < -0.3 is 30.8 Å². The molecule has 0 saturated carbocycles. The van der Waals surface area contributed by atoms with Crippen molar-refractivity contribution in [2.24, 2.45) is 11.5 Å². The van der Waals surface area contributed by atoms with Crippen LogP contribution in [0.5, 0.6) is 0 Å². The number of imidazole rings is 2. The minimum Gasteiger partial charge on any atom is -0.477 e. The number of thiophene rings is 2. The van der Waals surface area contributed by atoms with Crippen LogP contribution in [0.2, 0.25) is 10.0 Å². The van der Waals surface area contributed by atoms with Crippen LogP contribution in [0, 0.1) is 0 Å². The Morgan fingerprint density at radius 2 is 1.06 bits per heavy atom. The first-order chi connectivity index (χ1) is 25.4. The Balaban J connectivity index is 1.30. The van der Waals surface area contributed by atoms with Gasteiger partial charge in [0, 0.05) is 44.4 Å². The molecule has 0 aliphatic rings. The van der Waals surface area contributed by atoms with E-state index in [9.17, 15) is 29.4 Å². The lowest BCUT2D eigenvalue weighted by Crippen LogP contribution is -2.11. The van der Waals surface area contributed by atoms with Gasteiger partial charge in [0.25, 0.3) is 0 Å². The number of primary amides is 2. The Kier molecular flexibility index (Phi) is 8.41. The molecule has 6 N–H and O–H groups in total. The summed E-state index contributed by atoms with van der Waals surface area (Å²) in [4.78, 5) is 59.3. The fraction of sp³-hybridized carbons (Fsp3) is 0.0811. The van der Waals surface area contributed by atoms with Crippen molar-refractivity contribution in [2.75, 3.05) is 0 Å². The van der Waals surface area contributed by atoms with E-state index in [1.54, 1.807) is 72.8 Å². The smallest absolute Gasteiger partial charge is 0.346 e. The van der Waals surface area contributed by atoms with Crippen LogP contribution in [-0.2, 0) is 13.1 Å². The van der Waals surface area contributed by atoms with Crippen molar-refractivity contribution in [3.05, 3.63) is 104 Å². The number of fused-ring (bicyclic) bond motifs is 4. The van der Waals surface area contributed by atoms with E-state index < -0.39 is 23.8 Å². The van der Waals surface area contributed by atoms with Gasteiger partial charge in [0.15, 0.2) is 0 Å². The summed E-state index contributed by atoms with van der Waals surface area (Å²) in [6.07, 6.45) is 0.405. The molecule has 12 nitrogen and oxygen atoms in total. The Morgan fingerprint density at radius 1 is 0.642 bits per heavy atom. The highest BCUT2D eigenvalue weighted by Gasteiger charge is 2.28. The number of halogens is 2. The van der Waals surface area contributed by atoms with Crippen molar-refractivity contribution >= 4 is 112 Å². The van der Waals surface area contributed by atoms with Crippen LogP contribution in [0.15, 0.2) is 72.8 Å². The van der Waals surface area contributed by atoms with E-state index in [0.29, 0.717) is 81.5 Å². The van der Waals surface area contributed by atoms with E-state index in [0.717, 1.165) is 22.7 Å². The summed E-state index contributed by atoms with van der Waals surface area (Å²) in [7, 11) is 0. The summed E-state index contributed by atoms with van der Waals surface area (Å²) < 4.78 is 5.09. The number of nitrogens with two attached hydrogens (primary N) is 2. The Bertz CT molecular complexity index is 2700. The summed E-state index contributed by atoms with van der Waals surface area (Å²) in [5.74, 6) is -2.89. The fourth-order valence-corrected chi connectivity index (χ4v) is 9.51. The van der Waals surface area contributed by atoms with Gasteiger partial charge in [-0.3, -0.25) is 9.59 Å². The quantitative estimate of drug-likeness (QED) is 0.107. The van der Waals surface area contributed by atoms with Crippen LogP contribution < -0.4 is 11.5 Å². The minimum absolute atomic E-state index is 0.0512. The number of carbonyl (C=O) groups excluding carboxylic acids is 2. The summed E-state index contributed by atoms with van der Waals surface area (Å²) >= 11 is 15.5. The fourth-order valence-electron chi connectivity index (χ4n) is 6.73. The van der Waals surface area contributed by atoms with E-state index in [2.05, 4.69) is 0 Å². The number of hydrogen-bond acceptors (Lipinski definition) is 8. The zero-order valence-electron chi connectivity index (χ0n) is 27.1. The molecule has 0 bridgehead atoms. The molecule has 4 aromatic carbocycles. The molecule has 264 valence electrons. The molecule has 0 aliphatic carbocycles. The first-order valence-electron chi connectivity index (χ1n) is 15.9. The SMILES string of the molecule is NC(=O)c1ccc2c(c1)nc(-c1c(C(=O)O)sc3cccc(Cl)c13)n2CCCn1c(-c2c(C(=O)O)sc3cccc(Cl)c23)nc2cc(C(N)=O)ccc21. The van der Waals surface area contributed by atoms with E-state index in [1.807, 2.05) is 9.13 Å². The predicted octanol–water partition coefficient (Wildman–Crippen LogP) is 8.14. The first-order valence-corrected chi connectivity index (χ1v) is 18.3. The Morgan fingerprint density at radius 3 is 1.43 bits per heavy atom. The van der Waals surface area contributed by atoms with Crippen LogP contribution >= 0.6 is 45.9 Å². The molecule has 0 radical (unpaired) electrons. The minimum atomic E-state index is -1.14. The highest BCUT2D eigenvalue weighted by molar-refractivity contribution is 7.22. The van der Waals surface area contributed by atoms with Crippen molar-refractivity contribution in [2.45, 2.75) is 19.5 Å². The van der Waals surface area contributed by atoms with Crippen molar-refractivity contribution in [3.63, 3.8) is 0 Å². The highest BCUT2D eigenvalue weighted by atomic mass is 35.5. The molecule has 4 aromatic heterocycles.